The topological polar surface area (TPSA) is 112 Å². The summed E-state index contributed by atoms with van der Waals surface area (Å²) in [6.07, 6.45) is 0. The van der Waals surface area contributed by atoms with Crippen LogP contribution in [0.2, 0.25) is 0 Å². The van der Waals surface area contributed by atoms with Crippen LogP contribution in [0.25, 0.3) is 0 Å². The number of methoxy groups -OCH3 is 1. The molecular formula is C13H15N5O4S. The second kappa shape index (κ2) is 7.09. The molecule has 0 fully saturated rings. The zero-order valence-corrected chi connectivity index (χ0v) is 13.6. The Balaban J connectivity index is 2.06. The largest absolute Gasteiger partial charge is 0.495 e. The first-order chi connectivity index (χ1) is 10.9. The van der Waals surface area contributed by atoms with Gasteiger partial charge in [-0.25, -0.2) is 0 Å². The molecule has 0 saturated carbocycles. The lowest BCUT2D eigenvalue weighted by Gasteiger charge is -2.09. The van der Waals surface area contributed by atoms with Gasteiger partial charge in [0.1, 0.15) is 11.6 Å². The van der Waals surface area contributed by atoms with Crippen molar-refractivity contribution in [1.29, 1.82) is 0 Å². The Labute approximate surface area is 136 Å². The van der Waals surface area contributed by atoms with Crippen LogP contribution in [-0.2, 0) is 11.8 Å². The summed E-state index contributed by atoms with van der Waals surface area (Å²) in [7, 11) is 3.23. The SMILES string of the molecule is COc1ccc([N+](=O)[O-])cc1NC(=O)CSc1nnc(C)n1C. The third kappa shape index (κ3) is 3.97. The van der Waals surface area contributed by atoms with Crippen molar-refractivity contribution < 1.29 is 14.5 Å². The molecule has 0 bridgehead atoms. The van der Waals surface area contributed by atoms with E-state index in [1.807, 2.05) is 6.92 Å². The third-order valence-electron chi connectivity index (χ3n) is 3.05. The van der Waals surface area contributed by atoms with E-state index in [1.54, 1.807) is 11.6 Å². The number of benzene rings is 1. The molecule has 1 aromatic heterocycles. The molecule has 0 radical (unpaired) electrons. The third-order valence-corrected chi connectivity index (χ3v) is 4.07. The lowest BCUT2D eigenvalue weighted by molar-refractivity contribution is -0.384. The molecule has 23 heavy (non-hydrogen) atoms. The minimum absolute atomic E-state index is 0.0951. The maximum Gasteiger partial charge on any atom is 0.271 e. The van der Waals surface area contributed by atoms with Gasteiger partial charge in [0.05, 0.1) is 23.5 Å². The predicted octanol–water partition coefficient (Wildman–Crippen LogP) is 1.77. The summed E-state index contributed by atoms with van der Waals surface area (Å²) >= 11 is 1.22. The predicted molar refractivity (Wildman–Crippen MR) is 84.7 cm³/mol. The number of aryl methyl sites for hydroxylation is 1. The minimum Gasteiger partial charge on any atom is -0.495 e. The highest BCUT2D eigenvalue weighted by molar-refractivity contribution is 7.99. The minimum atomic E-state index is -0.536. The van der Waals surface area contributed by atoms with Crippen LogP contribution in [0.1, 0.15) is 5.82 Å². The Hall–Kier alpha value is -2.62. The Bertz CT molecular complexity index is 746. The summed E-state index contributed by atoms with van der Waals surface area (Å²) in [4.78, 5) is 22.3. The molecular weight excluding hydrogens is 322 g/mol. The molecule has 1 heterocycles. The number of carbonyl (C=O) groups excluding carboxylic acids is 1. The molecule has 0 atom stereocenters. The van der Waals surface area contributed by atoms with E-state index in [2.05, 4.69) is 15.5 Å². The van der Waals surface area contributed by atoms with Gasteiger partial charge in [-0.05, 0) is 13.0 Å². The number of nitrogens with zero attached hydrogens (tertiary/aromatic N) is 4. The monoisotopic (exact) mass is 337 g/mol. The fourth-order valence-corrected chi connectivity index (χ4v) is 2.49. The average molecular weight is 337 g/mol. The quantitative estimate of drug-likeness (QED) is 0.485. The van der Waals surface area contributed by atoms with Crippen LogP contribution >= 0.6 is 11.8 Å². The highest BCUT2D eigenvalue weighted by atomic mass is 32.2. The Morgan fingerprint density at radius 1 is 1.48 bits per heavy atom. The number of carbonyl (C=O) groups is 1. The number of nitrogens with one attached hydrogen (secondary N) is 1. The fraction of sp³-hybridized carbons (Fsp3) is 0.308. The normalized spacial score (nSPS) is 10.4. The molecule has 10 heteroatoms. The molecule has 0 aliphatic heterocycles. The average Bonchev–Trinajstić information content (AvgIpc) is 2.84. The molecule has 0 unspecified atom stereocenters. The summed E-state index contributed by atoms with van der Waals surface area (Å²) < 4.78 is 6.87. The van der Waals surface area contributed by atoms with Gasteiger partial charge in [0.2, 0.25) is 5.91 Å². The molecule has 0 aliphatic carbocycles. The van der Waals surface area contributed by atoms with E-state index in [9.17, 15) is 14.9 Å². The van der Waals surface area contributed by atoms with Gasteiger partial charge in [-0.15, -0.1) is 10.2 Å². The molecule has 0 saturated heterocycles. The lowest BCUT2D eigenvalue weighted by atomic mass is 10.2. The van der Waals surface area contributed by atoms with Crippen molar-refractivity contribution in [3.63, 3.8) is 0 Å². The van der Waals surface area contributed by atoms with Crippen molar-refractivity contribution in [1.82, 2.24) is 14.8 Å². The number of anilines is 1. The van der Waals surface area contributed by atoms with Gasteiger partial charge in [0.25, 0.3) is 5.69 Å². The zero-order valence-electron chi connectivity index (χ0n) is 12.8. The highest BCUT2D eigenvalue weighted by Crippen LogP contribution is 2.29. The van der Waals surface area contributed by atoms with Crippen molar-refractivity contribution in [3.8, 4) is 5.75 Å². The smallest absolute Gasteiger partial charge is 0.271 e. The van der Waals surface area contributed by atoms with Gasteiger partial charge >= 0.3 is 0 Å². The number of amides is 1. The van der Waals surface area contributed by atoms with E-state index in [0.717, 1.165) is 5.82 Å². The van der Waals surface area contributed by atoms with Crippen LogP contribution in [0.4, 0.5) is 11.4 Å². The summed E-state index contributed by atoms with van der Waals surface area (Å²) in [5, 5.41) is 21.9. The van der Waals surface area contributed by atoms with Crippen LogP contribution < -0.4 is 10.1 Å². The highest BCUT2D eigenvalue weighted by Gasteiger charge is 2.15. The second-order valence-electron chi connectivity index (χ2n) is 4.57. The summed E-state index contributed by atoms with van der Waals surface area (Å²) in [6, 6.07) is 4.01. The van der Waals surface area contributed by atoms with Crippen LogP contribution in [-0.4, -0.2) is 38.5 Å². The zero-order chi connectivity index (χ0) is 17.0. The fourth-order valence-electron chi connectivity index (χ4n) is 1.74. The van der Waals surface area contributed by atoms with Gasteiger partial charge < -0.3 is 14.6 Å². The molecule has 1 aromatic carbocycles. The van der Waals surface area contributed by atoms with Crippen LogP contribution in [0.3, 0.4) is 0 Å². The van der Waals surface area contributed by atoms with E-state index in [4.69, 9.17) is 4.74 Å². The van der Waals surface area contributed by atoms with Gasteiger partial charge in [-0.2, -0.15) is 0 Å². The number of non-ortho nitro benzene ring substituents is 1. The maximum absolute atomic E-state index is 12.0. The summed E-state index contributed by atoms with van der Waals surface area (Å²) in [6.45, 7) is 1.81. The van der Waals surface area contributed by atoms with Gasteiger partial charge in [-0.3, -0.25) is 14.9 Å². The molecule has 1 amide bonds. The number of nitro benzene ring substituents is 1. The van der Waals surface area contributed by atoms with Crippen molar-refractivity contribution in [2.75, 3.05) is 18.2 Å². The van der Waals surface area contributed by atoms with E-state index in [0.29, 0.717) is 10.9 Å². The van der Waals surface area contributed by atoms with E-state index < -0.39 is 4.92 Å². The van der Waals surface area contributed by atoms with E-state index in [1.165, 1.54) is 37.1 Å². The first-order valence-electron chi connectivity index (χ1n) is 6.53. The summed E-state index contributed by atoms with van der Waals surface area (Å²) in [5.41, 5.74) is 0.124. The summed E-state index contributed by atoms with van der Waals surface area (Å²) in [5.74, 6) is 0.865. The number of hydrogen-bond donors (Lipinski definition) is 1. The van der Waals surface area contributed by atoms with Crippen LogP contribution in [0.15, 0.2) is 23.4 Å². The van der Waals surface area contributed by atoms with Crippen molar-refractivity contribution in [2.24, 2.45) is 7.05 Å². The Morgan fingerprint density at radius 2 is 2.22 bits per heavy atom. The number of ether oxygens (including phenoxy) is 1. The molecule has 0 aliphatic rings. The molecule has 122 valence electrons. The van der Waals surface area contributed by atoms with E-state index >= 15 is 0 Å². The number of aromatic nitrogens is 3. The van der Waals surface area contributed by atoms with Crippen LogP contribution in [0.5, 0.6) is 5.75 Å². The maximum atomic E-state index is 12.0. The number of nitro groups is 1. The van der Waals surface area contributed by atoms with Gasteiger partial charge in [0, 0.05) is 19.2 Å². The Morgan fingerprint density at radius 3 is 2.78 bits per heavy atom. The number of rotatable bonds is 6. The molecule has 1 N–H and O–H groups in total. The lowest BCUT2D eigenvalue weighted by Crippen LogP contribution is -2.15. The number of thioether (sulfide) groups is 1. The first-order valence-corrected chi connectivity index (χ1v) is 7.52. The molecule has 9 nitrogen and oxygen atoms in total. The van der Waals surface area contributed by atoms with Crippen molar-refractivity contribution >= 4 is 29.0 Å². The molecule has 0 spiro atoms. The van der Waals surface area contributed by atoms with Gasteiger partial charge in [-0.1, -0.05) is 11.8 Å². The van der Waals surface area contributed by atoms with Gasteiger partial charge in [0.15, 0.2) is 5.16 Å². The molecule has 2 rings (SSSR count). The van der Waals surface area contributed by atoms with Crippen molar-refractivity contribution in [2.45, 2.75) is 12.1 Å². The van der Waals surface area contributed by atoms with Crippen molar-refractivity contribution in [3.05, 3.63) is 34.1 Å². The van der Waals surface area contributed by atoms with E-state index in [-0.39, 0.29) is 23.0 Å². The molecule has 2 aromatic rings. The number of hydrogen-bond acceptors (Lipinski definition) is 7. The first kappa shape index (κ1) is 16.7. The second-order valence-corrected chi connectivity index (χ2v) is 5.51. The van der Waals surface area contributed by atoms with Crippen LogP contribution in [0, 0.1) is 17.0 Å². The standard InChI is InChI=1S/C13H15N5O4S/c1-8-15-16-13(17(8)2)23-7-12(19)14-10-6-9(18(20)21)4-5-11(10)22-3/h4-6H,7H2,1-3H3,(H,14,19). The Kier molecular flexibility index (Phi) is 5.16.